The Balaban J connectivity index is 1.86. The summed E-state index contributed by atoms with van der Waals surface area (Å²) >= 11 is 7.01. The minimum atomic E-state index is -0.618. The highest BCUT2D eigenvalue weighted by Gasteiger charge is 2.22. The van der Waals surface area contributed by atoms with Gasteiger partial charge in [0.2, 0.25) is 0 Å². The topological polar surface area (TPSA) is 114 Å². The highest BCUT2D eigenvalue weighted by Crippen LogP contribution is 2.27. The predicted octanol–water partition coefficient (Wildman–Crippen LogP) is 2.63. The Morgan fingerprint density at radius 3 is 3.00 bits per heavy atom. The van der Waals surface area contributed by atoms with Crippen molar-refractivity contribution >= 4 is 45.6 Å². The largest absolute Gasteiger partial charge is 0.351 e. The van der Waals surface area contributed by atoms with Crippen LogP contribution in [0.5, 0.6) is 0 Å². The van der Waals surface area contributed by atoms with Crippen LogP contribution in [0.25, 0.3) is 0 Å². The second-order valence-corrected chi connectivity index (χ2v) is 6.44. The molecule has 24 heavy (non-hydrogen) atoms. The van der Waals surface area contributed by atoms with E-state index >= 15 is 0 Å². The number of aromatic nitrogens is 1. The molecule has 1 aliphatic heterocycles. The monoisotopic (exact) mass is 366 g/mol. The van der Waals surface area contributed by atoms with Gasteiger partial charge in [0.05, 0.1) is 21.2 Å². The molecule has 3 rings (SSSR count). The second-order valence-electron chi connectivity index (χ2n) is 5.03. The number of halogens is 1. The number of hydrogen-bond acceptors (Lipinski definition) is 6. The Kier molecular flexibility index (Phi) is 4.45. The normalized spacial score (nSPS) is 13.6. The summed E-state index contributed by atoms with van der Waals surface area (Å²) in [6, 6.07) is 3.61. The molecule has 0 bridgehead atoms. The number of nitro benzene ring substituents is 1. The number of nitrogens with zero attached hydrogens (tertiary/aromatic N) is 2. The number of benzene rings is 1. The Morgan fingerprint density at radius 1 is 1.46 bits per heavy atom. The molecule has 1 aromatic heterocycles. The lowest BCUT2D eigenvalue weighted by atomic mass is 10.2. The van der Waals surface area contributed by atoms with Crippen molar-refractivity contribution in [2.24, 2.45) is 0 Å². The van der Waals surface area contributed by atoms with Gasteiger partial charge in [0.25, 0.3) is 17.5 Å². The summed E-state index contributed by atoms with van der Waals surface area (Å²) in [4.78, 5) is 39.2. The summed E-state index contributed by atoms with van der Waals surface area (Å²) in [7, 11) is 0. The quantitative estimate of drug-likeness (QED) is 0.640. The molecule has 0 unspecified atom stereocenters. The van der Waals surface area contributed by atoms with Gasteiger partial charge in [-0.1, -0.05) is 22.9 Å². The molecular weight excluding hydrogens is 356 g/mol. The zero-order valence-electron chi connectivity index (χ0n) is 12.2. The van der Waals surface area contributed by atoms with Gasteiger partial charge in [-0.25, -0.2) is 4.98 Å². The zero-order valence-corrected chi connectivity index (χ0v) is 13.7. The number of thiazole rings is 1. The van der Waals surface area contributed by atoms with Crippen LogP contribution in [0.3, 0.4) is 0 Å². The summed E-state index contributed by atoms with van der Waals surface area (Å²) in [5.74, 6) is -0.832. The number of carbonyl (C=O) groups excluding carboxylic acids is 2. The molecule has 0 saturated heterocycles. The first-order valence-electron chi connectivity index (χ1n) is 6.99. The van der Waals surface area contributed by atoms with Gasteiger partial charge in [-0.3, -0.25) is 25.0 Å². The number of amides is 2. The summed E-state index contributed by atoms with van der Waals surface area (Å²) in [5, 5.41) is 16.5. The number of nitro groups is 1. The van der Waals surface area contributed by atoms with E-state index in [0.717, 1.165) is 23.8 Å². The summed E-state index contributed by atoms with van der Waals surface area (Å²) in [6.45, 7) is 0.590. The highest BCUT2D eigenvalue weighted by atomic mass is 35.5. The van der Waals surface area contributed by atoms with Crippen LogP contribution in [-0.4, -0.2) is 28.3 Å². The third kappa shape index (κ3) is 3.22. The lowest BCUT2D eigenvalue weighted by Crippen LogP contribution is -2.21. The molecule has 0 radical (unpaired) electrons. The van der Waals surface area contributed by atoms with Gasteiger partial charge in [0, 0.05) is 18.7 Å². The van der Waals surface area contributed by atoms with E-state index in [1.807, 2.05) is 0 Å². The molecule has 0 fully saturated rings. The SMILES string of the molecule is O=C(Nc1nc2c(s1)C(=O)NCCC2)c1cc([N+](=O)[O-])ccc1Cl. The molecule has 2 aromatic rings. The number of aryl methyl sites for hydroxylation is 1. The first kappa shape index (κ1) is 16.3. The van der Waals surface area contributed by atoms with E-state index in [9.17, 15) is 19.7 Å². The number of non-ortho nitro benzene ring substituents is 1. The second kappa shape index (κ2) is 6.54. The van der Waals surface area contributed by atoms with Gasteiger partial charge >= 0.3 is 0 Å². The van der Waals surface area contributed by atoms with Crippen LogP contribution in [0.2, 0.25) is 5.02 Å². The van der Waals surface area contributed by atoms with Gasteiger partial charge in [-0.05, 0) is 18.9 Å². The lowest BCUT2D eigenvalue weighted by molar-refractivity contribution is -0.384. The standard InChI is InChI=1S/C14H11ClN4O4S/c15-9-4-3-7(19(22)23)6-8(9)12(20)18-14-17-10-2-1-5-16-13(21)11(10)24-14/h3-4,6H,1-2,5H2,(H,16,21)(H,17,18,20). The van der Waals surface area contributed by atoms with Crippen LogP contribution >= 0.6 is 22.9 Å². The first-order valence-corrected chi connectivity index (χ1v) is 8.18. The average Bonchev–Trinajstić information content (AvgIpc) is 2.86. The maximum atomic E-state index is 12.3. The third-order valence-electron chi connectivity index (χ3n) is 3.41. The van der Waals surface area contributed by atoms with Crippen LogP contribution in [0, 0.1) is 10.1 Å². The molecule has 0 saturated carbocycles. The number of rotatable bonds is 3. The molecule has 124 valence electrons. The first-order chi connectivity index (χ1) is 11.5. The average molecular weight is 367 g/mol. The Labute approximate surface area is 145 Å². The number of nitrogens with one attached hydrogen (secondary N) is 2. The third-order valence-corrected chi connectivity index (χ3v) is 4.75. The van der Waals surface area contributed by atoms with E-state index in [-0.39, 0.29) is 27.3 Å². The van der Waals surface area contributed by atoms with E-state index in [2.05, 4.69) is 15.6 Å². The molecule has 2 N–H and O–H groups in total. The van der Waals surface area contributed by atoms with E-state index in [4.69, 9.17) is 11.6 Å². The van der Waals surface area contributed by atoms with Gasteiger partial charge in [-0.15, -0.1) is 0 Å². The van der Waals surface area contributed by atoms with Crippen LogP contribution < -0.4 is 10.6 Å². The molecule has 1 aromatic carbocycles. The fraction of sp³-hybridized carbons (Fsp3) is 0.214. The van der Waals surface area contributed by atoms with Gasteiger partial charge in [-0.2, -0.15) is 0 Å². The maximum Gasteiger partial charge on any atom is 0.270 e. The zero-order chi connectivity index (χ0) is 17.3. The minimum absolute atomic E-state index is 0.0271. The number of anilines is 1. The maximum absolute atomic E-state index is 12.3. The molecule has 2 heterocycles. The Bertz CT molecular complexity index is 851. The summed E-state index contributed by atoms with van der Waals surface area (Å²) in [6.07, 6.45) is 1.41. The van der Waals surface area contributed by atoms with Crippen molar-refractivity contribution in [3.63, 3.8) is 0 Å². The van der Waals surface area contributed by atoms with Crippen molar-refractivity contribution in [3.05, 3.63) is 49.5 Å². The van der Waals surface area contributed by atoms with E-state index in [1.54, 1.807) is 0 Å². The number of carbonyl (C=O) groups is 2. The Morgan fingerprint density at radius 2 is 2.25 bits per heavy atom. The molecule has 0 spiro atoms. The number of fused-ring (bicyclic) bond motifs is 1. The summed E-state index contributed by atoms with van der Waals surface area (Å²) < 4.78 is 0. The van der Waals surface area contributed by atoms with Gasteiger partial charge in [0.1, 0.15) is 4.88 Å². The van der Waals surface area contributed by atoms with Crippen molar-refractivity contribution < 1.29 is 14.5 Å². The van der Waals surface area contributed by atoms with E-state index < -0.39 is 10.8 Å². The molecule has 0 atom stereocenters. The van der Waals surface area contributed by atoms with E-state index in [1.165, 1.54) is 12.1 Å². The molecule has 2 amide bonds. The van der Waals surface area contributed by atoms with Crippen molar-refractivity contribution in [1.29, 1.82) is 0 Å². The molecule has 1 aliphatic rings. The van der Waals surface area contributed by atoms with Crippen LogP contribution in [-0.2, 0) is 6.42 Å². The van der Waals surface area contributed by atoms with Gasteiger partial charge in [0.15, 0.2) is 5.13 Å². The van der Waals surface area contributed by atoms with Gasteiger partial charge < -0.3 is 5.32 Å². The van der Waals surface area contributed by atoms with Crippen LogP contribution in [0.4, 0.5) is 10.8 Å². The fourth-order valence-electron chi connectivity index (χ4n) is 2.26. The number of hydrogen-bond donors (Lipinski definition) is 2. The van der Waals surface area contributed by atoms with Crippen molar-refractivity contribution in [3.8, 4) is 0 Å². The predicted molar refractivity (Wildman–Crippen MR) is 88.8 cm³/mol. The van der Waals surface area contributed by atoms with Crippen LogP contribution in [0.1, 0.15) is 32.1 Å². The molecule has 8 nitrogen and oxygen atoms in total. The minimum Gasteiger partial charge on any atom is -0.351 e. The molecule has 10 heteroatoms. The molecular formula is C14H11ClN4O4S. The summed E-state index contributed by atoms with van der Waals surface area (Å²) in [5.41, 5.74) is 0.370. The van der Waals surface area contributed by atoms with E-state index in [0.29, 0.717) is 23.5 Å². The fourth-order valence-corrected chi connectivity index (χ4v) is 3.38. The van der Waals surface area contributed by atoms with Crippen molar-refractivity contribution in [2.45, 2.75) is 12.8 Å². The smallest absolute Gasteiger partial charge is 0.270 e. The van der Waals surface area contributed by atoms with Crippen molar-refractivity contribution in [1.82, 2.24) is 10.3 Å². The van der Waals surface area contributed by atoms with Crippen LogP contribution in [0.15, 0.2) is 18.2 Å². The Hall–Kier alpha value is -2.52. The lowest BCUT2D eigenvalue weighted by Gasteiger charge is -2.04. The highest BCUT2D eigenvalue weighted by molar-refractivity contribution is 7.17. The van der Waals surface area contributed by atoms with Crippen molar-refractivity contribution in [2.75, 3.05) is 11.9 Å². The molecule has 0 aliphatic carbocycles.